The molecule has 4 N–H and O–H groups in total. The molecule has 0 radical (unpaired) electrons. The van der Waals surface area contributed by atoms with Gasteiger partial charge in [0.05, 0.1) is 18.8 Å². The second-order valence-corrected chi connectivity index (χ2v) is 6.15. The van der Waals surface area contributed by atoms with E-state index in [0.29, 0.717) is 5.56 Å². The van der Waals surface area contributed by atoms with Gasteiger partial charge in [-0.1, -0.05) is 62.4 Å². The van der Waals surface area contributed by atoms with E-state index in [-0.39, 0.29) is 24.2 Å². The molecule has 7 heteroatoms. The molecule has 0 spiro atoms. The Balaban J connectivity index is 0.000000397. The summed E-state index contributed by atoms with van der Waals surface area (Å²) in [5.74, 6) is -3.17. The minimum atomic E-state index is -1.42. The molecule has 0 saturated carbocycles. The van der Waals surface area contributed by atoms with E-state index in [1.54, 1.807) is 48.5 Å². The van der Waals surface area contributed by atoms with Crippen LogP contribution in [0.15, 0.2) is 60.7 Å². The fraction of sp³-hybridized carbons (Fsp3) is 0.286. The Bertz CT molecular complexity index is 715. The van der Waals surface area contributed by atoms with E-state index in [0.717, 1.165) is 6.42 Å². The van der Waals surface area contributed by atoms with Crippen LogP contribution in [0.3, 0.4) is 0 Å². The molecule has 0 atom stereocenters. The Morgan fingerprint density at radius 2 is 1.18 bits per heavy atom. The molecule has 0 bridgehead atoms. The van der Waals surface area contributed by atoms with Gasteiger partial charge in [0, 0.05) is 11.0 Å². The van der Waals surface area contributed by atoms with Crippen LogP contribution in [-0.2, 0) is 4.79 Å². The number of hydrogen-bond acceptors (Lipinski definition) is 5. The predicted molar refractivity (Wildman–Crippen MR) is 104 cm³/mol. The number of aliphatic hydroxyl groups is 2. The molecule has 0 aliphatic heterocycles. The number of carbonyl (C=O) groups is 3. The Labute approximate surface area is 163 Å². The summed E-state index contributed by atoms with van der Waals surface area (Å²) >= 11 is 0. The summed E-state index contributed by atoms with van der Waals surface area (Å²) in [6.07, 6.45) is 0.819. The number of carboxylic acid groups (broad SMARTS) is 2. The Kier molecular flexibility index (Phi) is 11.8. The van der Waals surface area contributed by atoms with Crippen LogP contribution in [0.1, 0.15) is 41.0 Å². The van der Waals surface area contributed by atoms with Crippen molar-refractivity contribution in [1.29, 1.82) is 0 Å². The first-order valence-electron chi connectivity index (χ1n) is 8.53. The highest BCUT2D eigenvalue weighted by molar-refractivity contribution is 6.39. The first kappa shape index (κ1) is 25.0. The summed E-state index contributed by atoms with van der Waals surface area (Å²) in [4.78, 5) is 31.1. The number of carbonyl (C=O) groups excluding carboxylic acids is 1. The van der Waals surface area contributed by atoms with Crippen LogP contribution in [-0.4, -0.2) is 51.4 Å². The van der Waals surface area contributed by atoms with Gasteiger partial charge in [0.15, 0.2) is 0 Å². The summed E-state index contributed by atoms with van der Waals surface area (Å²) in [6.45, 7) is 3.94. The Morgan fingerprint density at radius 1 is 0.786 bits per heavy atom. The van der Waals surface area contributed by atoms with Gasteiger partial charge in [-0.3, -0.25) is 4.79 Å². The van der Waals surface area contributed by atoms with Crippen molar-refractivity contribution in [1.82, 2.24) is 0 Å². The number of carboxylic acids is 2. The lowest BCUT2D eigenvalue weighted by atomic mass is 9.90. The molecular formula is C21H26O7. The maximum atomic E-state index is 10.7. The molecule has 0 unspecified atom stereocenters. The number of aliphatic carboxylic acids is 1. The second kappa shape index (κ2) is 13.2. The molecule has 2 aromatic rings. The summed E-state index contributed by atoms with van der Waals surface area (Å²) in [5, 5.41) is 33.9. The molecule has 2 aromatic carbocycles. The highest BCUT2D eigenvalue weighted by Crippen LogP contribution is 2.17. The molecule has 152 valence electrons. The molecule has 28 heavy (non-hydrogen) atoms. The summed E-state index contributed by atoms with van der Waals surface area (Å²) in [6, 6.07) is 16.2. The average Bonchev–Trinajstić information content (AvgIpc) is 2.74. The normalized spacial score (nSPS) is 9.86. The monoisotopic (exact) mass is 390 g/mol. The fourth-order valence-corrected chi connectivity index (χ4v) is 1.57. The molecular weight excluding hydrogens is 364 g/mol. The third kappa shape index (κ3) is 9.61. The van der Waals surface area contributed by atoms with Crippen LogP contribution in [0.25, 0.3) is 0 Å². The number of Topliss-reactive ketones (excluding diaryl/α,β-unsaturated/α-hetero) is 1. The quantitative estimate of drug-likeness (QED) is 0.440. The summed E-state index contributed by atoms with van der Waals surface area (Å²) < 4.78 is 0. The third-order valence-corrected chi connectivity index (χ3v) is 3.87. The minimum absolute atomic E-state index is 0.0694. The molecule has 2 rings (SSSR count). The third-order valence-electron chi connectivity index (χ3n) is 3.87. The van der Waals surface area contributed by atoms with Crippen LogP contribution in [0.5, 0.6) is 0 Å². The lowest BCUT2D eigenvalue weighted by molar-refractivity contribution is -0.131. The van der Waals surface area contributed by atoms with Gasteiger partial charge in [0.25, 0.3) is 5.78 Å². The standard InChI is InChI=1S/C8H6O3.C7H6O2.C6H14O2/c9-7(8(10)11)6-4-2-1-3-5-6;8-7(9)6-4-2-1-3-5-6;1-3-6(2,4-7)5-8/h1-5H,(H,10,11);1-5H,(H,8,9);7-8H,3-5H2,1-2H3. The van der Waals surface area contributed by atoms with Gasteiger partial charge in [-0.15, -0.1) is 0 Å². The zero-order valence-electron chi connectivity index (χ0n) is 15.9. The molecule has 0 aromatic heterocycles. The number of hydrogen-bond donors (Lipinski definition) is 4. The highest BCUT2D eigenvalue weighted by atomic mass is 16.4. The van der Waals surface area contributed by atoms with Crippen LogP contribution in [0.2, 0.25) is 0 Å². The largest absolute Gasteiger partial charge is 0.478 e. The fourth-order valence-electron chi connectivity index (χ4n) is 1.57. The maximum Gasteiger partial charge on any atom is 0.377 e. The van der Waals surface area contributed by atoms with Crippen molar-refractivity contribution in [3.05, 3.63) is 71.8 Å². The first-order valence-corrected chi connectivity index (χ1v) is 8.53. The van der Waals surface area contributed by atoms with Crippen LogP contribution in [0, 0.1) is 5.41 Å². The number of ketones is 1. The maximum absolute atomic E-state index is 10.7. The number of rotatable bonds is 6. The predicted octanol–water partition coefficient (Wildman–Crippen LogP) is 2.73. The molecule has 0 amide bonds. The molecule has 0 aliphatic carbocycles. The van der Waals surface area contributed by atoms with Crippen molar-refractivity contribution < 1.29 is 34.8 Å². The SMILES string of the molecule is CCC(C)(CO)CO.O=C(O)C(=O)c1ccccc1.O=C(O)c1ccccc1. The van der Waals surface area contributed by atoms with Crippen molar-refractivity contribution in [2.45, 2.75) is 20.3 Å². The van der Waals surface area contributed by atoms with Crippen molar-refractivity contribution in [2.24, 2.45) is 5.41 Å². The van der Waals surface area contributed by atoms with Crippen molar-refractivity contribution in [3.63, 3.8) is 0 Å². The summed E-state index contributed by atoms with van der Waals surface area (Å²) in [7, 11) is 0. The van der Waals surface area contributed by atoms with Gasteiger partial charge in [0.2, 0.25) is 0 Å². The molecule has 0 aliphatic rings. The topological polar surface area (TPSA) is 132 Å². The lowest BCUT2D eigenvalue weighted by Gasteiger charge is -2.21. The van der Waals surface area contributed by atoms with E-state index in [9.17, 15) is 14.4 Å². The molecule has 7 nitrogen and oxygen atoms in total. The van der Waals surface area contributed by atoms with Gasteiger partial charge in [-0.2, -0.15) is 0 Å². The van der Waals surface area contributed by atoms with Crippen molar-refractivity contribution in [2.75, 3.05) is 13.2 Å². The Hall–Kier alpha value is -3.03. The van der Waals surface area contributed by atoms with Crippen molar-refractivity contribution >= 4 is 17.7 Å². The van der Waals surface area contributed by atoms with E-state index in [4.69, 9.17) is 20.4 Å². The van der Waals surface area contributed by atoms with Gasteiger partial charge >= 0.3 is 11.9 Å². The lowest BCUT2D eigenvalue weighted by Crippen LogP contribution is -2.24. The van der Waals surface area contributed by atoms with Crippen LogP contribution in [0.4, 0.5) is 0 Å². The Morgan fingerprint density at radius 3 is 1.39 bits per heavy atom. The second-order valence-electron chi connectivity index (χ2n) is 6.15. The number of aliphatic hydroxyl groups excluding tert-OH is 2. The molecule has 0 heterocycles. The van der Waals surface area contributed by atoms with E-state index in [1.165, 1.54) is 12.1 Å². The van der Waals surface area contributed by atoms with Crippen LogP contribution < -0.4 is 0 Å². The zero-order chi connectivity index (χ0) is 21.6. The minimum Gasteiger partial charge on any atom is -0.478 e. The van der Waals surface area contributed by atoms with Gasteiger partial charge in [-0.25, -0.2) is 9.59 Å². The average molecular weight is 390 g/mol. The molecule has 0 fully saturated rings. The zero-order valence-corrected chi connectivity index (χ0v) is 15.9. The number of benzene rings is 2. The highest BCUT2D eigenvalue weighted by Gasteiger charge is 2.18. The van der Waals surface area contributed by atoms with Crippen LogP contribution >= 0.6 is 0 Å². The smallest absolute Gasteiger partial charge is 0.377 e. The van der Waals surface area contributed by atoms with E-state index in [1.807, 2.05) is 13.8 Å². The van der Waals surface area contributed by atoms with E-state index < -0.39 is 17.7 Å². The van der Waals surface area contributed by atoms with Gasteiger partial charge < -0.3 is 20.4 Å². The molecule has 0 saturated heterocycles. The van der Waals surface area contributed by atoms with E-state index in [2.05, 4.69) is 0 Å². The first-order chi connectivity index (χ1) is 13.2. The number of aromatic carboxylic acids is 1. The van der Waals surface area contributed by atoms with E-state index >= 15 is 0 Å². The van der Waals surface area contributed by atoms with Gasteiger partial charge in [-0.05, 0) is 18.6 Å². The van der Waals surface area contributed by atoms with Crippen molar-refractivity contribution in [3.8, 4) is 0 Å². The summed E-state index contributed by atoms with van der Waals surface area (Å²) in [5.41, 5.74) is 0.275. The van der Waals surface area contributed by atoms with Gasteiger partial charge in [0.1, 0.15) is 0 Å².